The molecule has 0 bridgehead atoms. The van der Waals surface area contributed by atoms with E-state index in [-0.39, 0.29) is 42.5 Å². The van der Waals surface area contributed by atoms with E-state index in [0.29, 0.717) is 17.5 Å². The van der Waals surface area contributed by atoms with E-state index in [2.05, 4.69) is 20.4 Å². The average Bonchev–Trinajstić information content (AvgIpc) is 2.98. The fraction of sp³-hybridized carbons (Fsp3) is 0.241. The Kier molecular flexibility index (Phi) is 9.38. The highest BCUT2D eigenvalue weighted by molar-refractivity contribution is 5.98. The molecule has 0 fully saturated rings. The molecule has 1 amide bonds. The van der Waals surface area contributed by atoms with Gasteiger partial charge < -0.3 is 14.6 Å². The number of benzene rings is 3. The van der Waals surface area contributed by atoms with E-state index in [1.807, 2.05) is 0 Å². The highest BCUT2D eigenvalue weighted by atomic mass is 19.4. The van der Waals surface area contributed by atoms with Crippen LogP contribution in [0.4, 0.5) is 23.7 Å². The van der Waals surface area contributed by atoms with Crippen molar-refractivity contribution in [1.29, 1.82) is 0 Å². The zero-order valence-electron chi connectivity index (χ0n) is 22.6. The summed E-state index contributed by atoms with van der Waals surface area (Å²) in [7, 11) is 1.25. The first-order valence-electron chi connectivity index (χ1n) is 12.8. The fourth-order valence-electron chi connectivity index (χ4n) is 4.14. The molecule has 0 saturated carbocycles. The number of carboxylic acids is 1. The SMILES string of the molecule is COC(=O)Nc1cccc(COc2ccc(C(=O)CC(CCn3nnc4ccc(C(F)(F)F)cc4c3=O)C(=O)O)cc2)c1. The van der Waals surface area contributed by atoms with Crippen LogP contribution in [-0.4, -0.2) is 45.1 Å². The summed E-state index contributed by atoms with van der Waals surface area (Å²) in [5, 5.41) is 19.4. The maximum Gasteiger partial charge on any atom is 0.416 e. The molecule has 1 heterocycles. The van der Waals surface area contributed by atoms with E-state index in [9.17, 15) is 37.5 Å². The summed E-state index contributed by atoms with van der Waals surface area (Å²) in [6, 6.07) is 15.5. The lowest BCUT2D eigenvalue weighted by atomic mass is 9.95. The van der Waals surface area contributed by atoms with Crippen LogP contribution in [0.3, 0.4) is 0 Å². The van der Waals surface area contributed by atoms with Gasteiger partial charge in [0.25, 0.3) is 5.56 Å². The lowest BCUT2D eigenvalue weighted by molar-refractivity contribution is -0.142. The Hall–Kier alpha value is -5.27. The van der Waals surface area contributed by atoms with Gasteiger partial charge in [-0.1, -0.05) is 17.3 Å². The number of rotatable bonds is 11. The van der Waals surface area contributed by atoms with Gasteiger partial charge in [0.2, 0.25) is 0 Å². The number of amides is 1. The number of methoxy groups -OCH3 is 1. The normalized spacial score (nSPS) is 12.0. The number of hydrogen-bond donors (Lipinski definition) is 2. The summed E-state index contributed by atoms with van der Waals surface area (Å²) in [5.74, 6) is -2.49. The fourth-order valence-corrected chi connectivity index (χ4v) is 4.14. The minimum Gasteiger partial charge on any atom is -0.489 e. The number of alkyl halides is 3. The number of ether oxygens (including phenoxy) is 2. The molecule has 0 radical (unpaired) electrons. The summed E-state index contributed by atoms with van der Waals surface area (Å²) in [6.45, 7) is -0.106. The summed E-state index contributed by atoms with van der Waals surface area (Å²) in [6.07, 6.45) is -5.85. The van der Waals surface area contributed by atoms with Gasteiger partial charge in [0.1, 0.15) is 17.9 Å². The number of nitrogens with one attached hydrogen (secondary N) is 1. The number of aromatic nitrogens is 3. The Morgan fingerprint density at radius 1 is 1.05 bits per heavy atom. The van der Waals surface area contributed by atoms with Crippen LogP contribution >= 0.6 is 0 Å². The molecule has 4 rings (SSSR count). The molecule has 0 aliphatic carbocycles. The first-order chi connectivity index (χ1) is 20.4. The van der Waals surface area contributed by atoms with Gasteiger partial charge in [-0.05, 0) is 66.6 Å². The molecule has 0 aliphatic heterocycles. The molecule has 43 heavy (non-hydrogen) atoms. The van der Waals surface area contributed by atoms with Crippen LogP contribution in [0.1, 0.15) is 34.3 Å². The third-order valence-corrected chi connectivity index (χ3v) is 6.46. The Morgan fingerprint density at radius 3 is 2.47 bits per heavy atom. The van der Waals surface area contributed by atoms with Crippen molar-refractivity contribution in [3.05, 3.63) is 93.8 Å². The molecular formula is C29H25F3N4O7. The highest BCUT2D eigenvalue weighted by Gasteiger charge is 2.31. The first kappa shape index (κ1) is 30.7. The lowest BCUT2D eigenvalue weighted by Gasteiger charge is -2.13. The number of aryl methyl sites for hydroxylation is 1. The number of fused-ring (bicyclic) bond motifs is 1. The molecule has 14 heteroatoms. The molecule has 1 unspecified atom stereocenters. The van der Waals surface area contributed by atoms with Crippen LogP contribution in [-0.2, 0) is 28.9 Å². The molecule has 0 saturated heterocycles. The summed E-state index contributed by atoms with van der Waals surface area (Å²) in [4.78, 5) is 48.8. The van der Waals surface area contributed by atoms with Crippen molar-refractivity contribution in [3.63, 3.8) is 0 Å². The number of carbonyl (C=O) groups is 3. The third-order valence-electron chi connectivity index (χ3n) is 6.46. The largest absolute Gasteiger partial charge is 0.489 e. The second kappa shape index (κ2) is 13.1. The van der Waals surface area contributed by atoms with Crippen molar-refractivity contribution < 1.29 is 42.1 Å². The van der Waals surface area contributed by atoms with Gasteiger partial charge in [-0.2, -0.15) is 13.2 Å². The minimum atomic E-state index is -4.66. The van der Waals surface area contributed by atoms with Crippen molar-refractivity contribution in [2.24, 2.45) is 5.92 Å². The molecule has 0 spiro atoms. The van der Waals surface area contributed by atoms with Crippen LogP contribution in [0.15, 0.2) is 71.5 Å². The smallest absolute Gasteiger partial charge is 0.416 e. The Balaban J connectivity index is 1.37. The van der Waals surface area contributed by atoms with Gasteiger partial charge in [-0.25, -0.2) is 9.48 Å². The quantitative estimate of drug-likeness (QED) is 0.229. The van der Waals surface area contributed by atoms with E-state index in [0.717, 1.165) is 22.4 Å². The summed E-state index contributed by atoms with van der Waals surface area (Å²) >= 11 is 0. The first-order valence-corrected chi connectivity index (χ1v) is 12.8. The van der Waals surface area contributed by atoms with E-state index in [1.54, 1.807) is 36.4 Å². The van der Waals surface area contributed by atoms with Crippen molar-refractivity contribution in [2.75, 3.05) is 12.4 Å². The van der Waals surface area contributed by atoms with Gasteiger partial charge >= 0.3 is 18.2 Å². The molecule has 0 aliphatic rings. The Morgan fingerprint density at radius 2 is 1.79 bits per heavy atom. The summed E-state index contributed by atoms with van der Waals surface area (Å²) < 4.78 is 50.3. The van der Waals surface area contributed by atoms with Crippen LogP contribution in [0.2, 0.25) is 0 Å². The number of aliphatic carboxylic acids is 1. The Labute approximate surface area is 241 Å². The molecule has 11 nitrogen and oxygen atoms in total. The van der Waals surface area contributed by atoms with E-state index >= 15 is 0 Å². The number of carbonyl (C=O) groups excluding carboxylic acids is 2. The van der Waals surface area contributed by atoms with E-state index in [4.69, 9.17) is 4.74 Å². The molecule has 1 atom stereocenters. The van der Waals surface area contributed by atoms with Crippen molar-refractivity contribution in [2.45, 2.75) is 32.2 Å². The van der Waals surface area contributed by atoms with Gasteiger partial charge in [0.05, 0.1) is 24.0 Å². The third kappa shape index (κ3) is 7.93. The van der Waals surface area contributed by atoms with Crippen molar-refractivity contribution in [1.82, 2.24) is 15.0 Å². The lowest BCUT2D eigenvalue weighted by Crippen LogP contribution is -2.27. The number of nitrogens with zero attached hydrogens (tertiary/aromatic N) is 3. The molecular weight excluding hydrogens is 573 g/mol. The maximum absolute atomic E-state index is 13.1. The predicted molar refractivity (Wildman–Crippen MR) is 147 cm³/mol. The molecule has 4 aromatic rings. The Bertz CT molecular complexity index is 1710. The van der Waals surface area contributed by atoms with Crippen molar-refractivity contribution in [3.8, 4) is 5.75 Å². The highest BCUT2D eigenvalue weighted by Crippen LogP contribution is 2.30. The molecule has 1 aromatic heterocycles. The number of ketones is 1. The monoisotopic (exact) mass is 598 g/mol. The molecule has 3 aromatic carbocycles. The van der Waals surface area contributed by atoms with Crippen molar-refractivity contribution >= 4 is 34.4 Å². The van der Waals surface area contributed by atoms with E-state index in [1.165, 1.54) is 19.2 Å². The zero-order valence-corrected chi connectivity index (χ0v) is 22.6. The molecule has 224 valence electrons. The number of hydrogen-bond acceptors (Lipinski definition) is 8. The number of Topliss-reactive ketones (excluding diaryl/α,β-unsaturated/α-hetero) is 1. The second-order valence-corrected chi connectivity index (χ2v) is 9.43. The number of anilines is 1. The standard InChI is InChI=1S/C29H25F3N4O7/c1-42-28(41)33-21-4-2-3-17(13-21)16-43-22-8-5-18(6-9-22)25(37)14-19(27(39)40)11-12-36-26(38)23-15-20(29(30,31)32)7-10-24(23)34-35-36/h2-10,13,15,19H,11-12,14,16H2,1H3,(H,33,41)(H,39,40). The second-order valence-electron chi connectivity index (χ2n) is 9.43. The number of carboxylic acid groups (broad SMARTS) is 1. The van der Waals surface area contributed by atoms with Gasteiger partial charge in [0, 0.05) is 24.2 Å². The van der Waals surface area contributed by atoms with Crippen LogP contribution in [0.25, 0.3) is 10.9 Å². The van der Waals surface area contributed by atoms with E-state index < -0.39 is 41.1 Å². The van der Waals surface area contributed by atoms with Crippen LogP contribution < -0.4 is 15.6 Å². The average molecular weight is 599 g/mol. The maximum atomic E-state index is 13.1. The minimum absolute atomic E-state index is 0.0317. The topological polar surface area (TPSA) is 150 Å². The zero-order chi connectivity index (χ0) is 31.1. The summed E-state index contributed by atoms with van der Waals surface area (Å²) in [5.41, 5.74) is -0.386. The van der Waals surface area contributed by atoms with Gasteiger partial charge in [-0.15, -0.1) is 5.10 Å². The van der Waals surface area contributed by atoms with Crippen LogP contribution in [0, 0.1) is 5.92 Å². The number of halogens is 3. The van der Waals surface area contributed by atoms with Crippen LogP contribution in [0.5, 0.6) is 5.75 Å². The van der Waals surface area contributed by atoms with Gasteiger partial charge in [-0.3, -0.25) is 19.7 Å². The molecule has 2 N–H and O–H groups in total. The predicted octanol–water partition coefficient (Wildman–Crippen LogP) is 4.93. The van der Waals surface area contributed by atoms with Gasteiger partial charge in [0.15, 0.2) is 5.78 Å².